The molecule has 0 aliphatic rings. The first-order valence-electron chi connectivity index (χ1n) is 6.68. The zero-order chi connectivity index (χ0) is 13.7. The van der Waals surface area contributed by atoms with Crippen LogP contribution >= 0.6 is 0 Å². The molecular weight excluding hydrogens is 257 g/mol. The number of rotatable bonds is 4. The molecular formula is C16H32NV-. The SMILES string of the molecule is CC.Cc1ccc(CCNC(C)C)cc1.[CH2-]C.[HH].[V]. The molecule has 1 aromatic carbocycles. The van der Waals surface area contributed by atoms with E-state index in [4.69, 9.17) is 0 Å². The maximum Gasteiger partial charge on any atom is 0.00105 e. The zero-order valence-electron chi connectivity index (χ0n) is 13.0. The molecule has 0 aromatic heterocycles. The monoisotopic (exact) mass is 289 g/mol. The molecule has 0 amide bonds. The Balaban J connectivity index is -0.000000171. The second-order valence-corrected chi connectivity index (χ2v) is 3.84. The summed E-state index contributed by atoms with van der Waals surface area (Å²) in [6.45, 7) is 16.5. The molecule has 0 saturated carbocycles. The first-order valence-corrected chi connectivity index (χ1v) is 6.68. The van der Waals surface area contributed by atoms with Crippen LogP contribution in [0.3, 0.4) is 0 Å². The van der Waals surface area contributed by atoms with E-state index in [1.54, 1.807) is 6.92 Å². The number of nitrogens with one attached hydrogen (secondary N) is 1. The molecule has 1 aromatic rings. The van der Waals surface area contributed by atoms with Crippen LogP contribution in [0, 0.1) is 13.8 Å². The maximum absolute atomic E-state index is 3.41. The van der Waals surface area contributed by atoms with Gasteiger partial charge in [0.2, 0.25) is 0 Å². The molecule has 0 atom stereocenters. The second kappa shape index (κ2) is 16.8. The van der Waals surface area contributed by atoms with Crippen molar-refractivity contribution in [3.05, 3.63) is 42.3 Å². The summed E-state index contributed by atoms with van der Waals surface area (Å²) < 4.78 is 0. The van der Waals surface area contributed by atoms with E-state index in [9.17, 15) is 0 Å². The van der Waals surface area contributed by atoms with Crippen molar-refractivity contribution < 1.29 is 20.0 Å². The largest absolute Gasteiger partial charge is 0.346 e. The van der Waals surface area contributed by atoms with Gasteiger partial charge in [0.25, 0.3) is 0 Å². The summed E-state index contributed by atoms with van der Waals surface area (Å²) in [5.74, 6) is 0. The van der Waals surface area contributed by atoms with E-state index in [2.05, 4.69) is 57.3 Å². The van der Waals surface area contributed by atoms with Crippen LogP contribution in [0.5, 0.6) is 0 Å². The van der Waals surface area contributed by atoms with E-state index in [0.29, 0.717) is 6.04 Å². The van der Waals surface area contributed by atoms with Crippen molar-refractivity contribution in [2.45, 2.75) is 54.0 Å². The Bertz CT molecular complexity index is 247. The van der Waals surface area contributed by atoms with Gasteiger partial charge in [0, 0.05) is 26.0 Å². The van der Waals surface area contributed by atoms with Crippen LogP contribution in [0.25, 0.3) is 0 Å². The third-order valence-corrected chi connectivity index (χ3v) is 2.09. The summed E-state index contributed by atoms with van der Waals surface area (Å²) >= 11 is 0. The molecule has 1 radical (unpaired) electrons. The number of hydrogen-bond acceptors (Lipinski definition) is 1. The molecule has 0 spiro atoms. The Morgan fingerprint density at radius 1 is 1.11 bits per heavy atom. The van der Waals surface area contributed by atoms with Gasteiger partial charge in [0.1, 0.15) is 0 Å². The van der Waals surface area contributed by atoms with E-state index in [1.807, 2.05) is 13.8 Å². The topological polar surface area (TPSA) is 12.0 Å². The van der Waals surface area contributed by atoms with Gasteiger partial charge >= 0.3 is 0 Å². The van der Waals surface area contributed by atoms with Crippen molar-refractivity contribution in [3.63, 3.8) is 0 Å². The summed E-state index contributed by atoms with van der Waals surface area (Å²) in [5.41, 5.74) is 2.75. The van der Waals surface area contributed by atoms with E-state index < -0.39 is 0 Å². The van der Waals surface area contributed by atoms with Gasteiger partial charge in [-0.25, -0.2) is 0 Å². The third-order valence-electron chi connectivity index (χ3n) is 2.09. The van der Waals surface area contributed by atoms with Crippen LogP contribution in [0.15, 0.2) is 24.3 Å². The van der Waals surface area contributed by atoms with Gasteiger partial charge in [-0.3, -0.25) is 0 Å². The van der Waals surface area contributed by atoms with Crippen molar-refractivity contribution in [1.29, 1.82) is 0 Å². The first kappa shape index (κ1) is 22.9. The molecule has 107 valence electrons. The van der Waals surface area contributed by atoms with Crippen LogP contribution < -0.4 is 5.32 Å². The molecule has 0 aliphatic heterocycles. The zero-order valence-corrected chi connectivity index (χ0v) is 14.4. The summed E-state index contributed by atoms with van der Waals surface area (Å²) in [6, 6.07) is 9.34. The van der Waals surface area contributed by atoms with E-state index >= 15 is 0 Å². The maximum atomic E-state index is 3.41. The molecule has 0 unspecified atom stereocenters. The molecule has 0 heterocycles. The van der Waals surface area contributed by atoms with Crippen molar-refractivity contribution in [2.75, 3.05) is 6.54 Å². The summed E-state index contributed by atoms with van der Waals surface area (Å²) in [6.07, 6.45) is 1.12. The van der Waals surface area contributed by atoms with Gasteiger partial charge in [-0.1, -0.05) is 57.5 Å². The molecule has 0 fully saturated rings. The van der Waals surface area contributed by atoms with Crippen LogP contribution in [0.4, 0.5) is 0 Å². The van der Waals surface area contributed by atoms with Crippen molar-refractivity contribution in [1.82, 2.24) is 5.32 Å². The van der Waals surface area contributed by atoms with Gasteiger partial charge < -0.3 is 12.2 Å². The minimum Gasteiger partial charge on any atom is -0.346 e. The van der Waals surface area contributed by atoms with Gasteiger partial charge in [0.05, 0.1) is 0 Å². The number of benzene rings is 1. The van der Waals surface area contributed by atoms with E-state index in [1.165, 1.54) is 11.1 Å². The Morgan fingerprint density at radius 2 is 1.56 bits per heavy atom. The van der Waals surface area contributed by atoms with E-state index in [-0.39, 0.29) is 20.0 Å². The molecule has 0 saturated heterocycles. The normalized spacial score (nSPS) is 8.44. The van der Waals surface area contributed by atoms with Crippen LogP contribution in [0.2, 0.25) is 0 Å². The molecule has 1 N–H and O–H groups in total. The Morgan fingerprint density at radius 3 is 1.94 bits per heavy atom. The van der Waals surface area contributed by atoms with Crippen molar-refractivity contribution >= 4 is 0 Å². The average molecular weight is 289 g/mol. The fraction of sp³-hybridized carbons (Fsp3) is 0.562. The minimum atomic E-state index is 0. The third kappa shape index (κ3) is 13.8. The van der Waals surface area contributed by atoms with Crippen LogP contribution in [-0.4, -0.2) is 12.6 Å². The summed E-state index contributed by atoms with van der Waals surface area (Å²) in [4.78, 5) is 0. The Labute approximate surface area is 128 Å². The quantitative estimate of drug-likeness (QED) is 0.796. The number of hydrogen-bond donors (Lipinski definition) is 1. The second-order valence-electron chi connectivity index (χ2n) is 3.84. The molecule has 1 rings (SSSR count). The summed E-state index contributed by atoms with van der Waals surface area (Å²) in [7, 11) is 0. The Hall–Kier alpha value is -0.236. The predicted octanol–water partition coefficient (Wildman–Crippen LogP) is 4.65. The van der Waals surface area contributed by atoms with Crippen LogP contribution in [-0.2, 0) is 25.0 Å². The average Bonchev–Trinajstić information content (AvgIpc) is 2.36. The van der Waals surface area contributed by atoms with Gasteiger partial charge in [0.15, 0.2) is 0 Å². The fourth-order valence-corrected chi connectivity index (χ4v) is 1.26. The Kier molecular flexibility index (Phi) is 21.3. The molecule has 18 heavy (non-hydrogen) atoms. The first-order chi connectivity index (χ1) is 8.18. The van der Waals surface area contributed by atoms with E-state index in [0.717, 1.165) is 13.0 Å². The fourth-order valence-electron chi connectivity index (χ4n) is 1.26. The molecule has 1 nitrogen and oxygen atoms in total. The summed E-state index contributed by atoms with van der Waals surface area (Å²) in [5, 5.41) is 3.41. The standard InChI is InChI=1S/C12H19N.C2H6.C2H5.V.H2/c1-10(2)13-9-8-12-6-4-11(3)5-7-12;2*1-2;;/h4-7,10,13H,8-9H2,1-3H3;1-2H3;1H2,2H3;;1H/q;;-1;;. The smallest absolute Gasteiger partial charge is 0.00105 e. The molecule has 0 bridgehead atoms. The predicted molar refractivity (Wildman–Crippen MR) is 82.5 cm³/mol. The van der Waals surface area contributed by atoms with Crippen molar-refractivity contribution in [3.8, 4) is 0 Å². The molecule has 0 aliphatic carbocycles. The molecule has 2 heteroatoms. The van der Waals surface area contributed by atoms with Gasteiger partial charge in [-0.05, 0) is 25.5 Å². The number of aryl methyl sites for hydroxylation is 1. The van der Waals surface area contributed by atoms with Crippen LogP contribution in [0.1, 0.15) is 47.2 Å². The van der Waals surface area contributed by atoms with Crippen molar-refractivity contribution in [2.24, 2.45) is 0 Å². The van der Waals surface area contributed by atoms with Gasteiger partial charge in [-0.2, -0.15) is 6.92 Å². The minimum absolute atomic E-state index is 0. The van der Waals surface area contributed by atoms with Gasteiger partial charge in [-0.15, -0.1) is 0 Å².